The molecule has 0 saturated carbocycles. The molecule has 0 aromatic heterocycles. The maximum Gasteiger partial charge on any atom is 0.252 e. The fourth-order valence-electron chi connectivity index (χ4n) is 1.78. The third kappa shape index (κ3) is 2.41. The summed E-state index contributed by atoms with van der Waals surface area (Å²) in [5, 5.41) is 3.01. The SMILES string of the molecule is CCCC1CCNCCC1(F)F. The first-order chi connectivity index (χ1) is 5.67. The average Bonchev–Trinajstić information content (AvgIpc) is 2.15. The van der Waals surface area contributed by atoms with Gasteiger partial charge in [-0.05, 0) is 19.4 Å². The second-order valence-corrected chi connectivity index (χ2v) is 3.54. The number of nitrogens with one attached hydrogen (secondary N) is 1. The molecule has 0 aromatic carbocycles. The van der Waals surface area contributed by atoms with Crippen molar-refractivity contribution in [2.45, 2.75) is 38.5 Å². The highest BCUT2D eigenvalue weighted by Crippen LogP contribution is 2.34. The maximum absolute atomic E-state index is 13.3. The number of hydrogen-bond acceptors (Lipinski definition) is 1. The first-order valence-corrected chi connectivity index (χ1v) is 4.75. The predicted octanol–water partition coefficient (Wildman–Crippen LogP) is 2.42. The minimum absolute atomic E-state index is 0.0116. The molecule has 0 aromatic rings. The van der Waals surface area contributed by atoms with Crippen molar-refractivity contribution in [3.05, 3.63) is 0 Å². The Bertz CT molecular complexity index is 136. The van der Waals surface area contributed by atoms with Crippen LogP contribution in [0.1, 0.15) is 32.6 Å². The molecule has 3 heteroatoms. The van der Waals surface area contributed by atoms with Crippen LogP contribution in [0.15, 0.2) is 0 Å². The largest absolute Gasteiger partial charge is 0.316 e. The number of halogens is 2. The first kappa shape index (κ1) is 9.90. The van der Waals surface area contributed by atoms with Crippen LogP contribution in [-0.2, 0) is 0 Å². The summed E-state index contributed by atoms with van der Waals surface area (Å²) in [5.74, 6) is -2.82. The molecule has 1 heterocycles. The van der Waals surface area contributed by atoms with E-state index < -0.39 is 11.8 Å². The Morgan fingerprint density at radius 2 is 2.17 bits per heavy atom. The fraction of sp³-hybridized carbons (Fsp3) is 1.00. The van der Waals surface area contributed by atoms with Gasteiger partial charge in [0, 0.05) is 18.9 Å². The van der Waals surface area contributed by atoms with Gasteiger partial charge in [0.15, 0.2) is 0 Å². The molecular weight excluding hydrogens is 160 g/mol. The monoisotopic (exact) mass is 177 g/mol. The quantitative estimate of drug-likeness (QED) is 0.683. The molecule has 1 unspecified atom stereocenters. The van der Waals surface area contributed by atoms with Crippen molar-refractivity contribution in [3.8, 4) is 0 Å². The summed E-state index contributed by atoms with van der Waals surface area (Å²) in [6, 6.07) is 0. The van der Waals surface area contributed by atoms with Crippen LogP contribution in [0.5, 0.6) is 0 Å². The Morgan fingerprint density at radius 3 is 2.83 bits per heavy atom. The summed E-state index contributed by atoms with van der Waals surface area (Å²) < 4.78 is 26.6. The highest BCUT2D eigenvalue weighted by atomic mass is 19.3. The van der Waals surface area contributed by atoms with Gasteiger partial charge in [-0.15, -0.1) is 0 Å². The van der Waals surface area contributed by atoms with Crippen molar-refractivity contribution in [2.24, 2.45) is 5.92 Å². The van der Waals surface area contributed by atoms with Gasteiger partial charge in [0.25, 0.3) is 5.92 Å². The normalized spacial score (nSPS) is 29.8. The molecule has 0 spiro atoms. The predicted molar refractivity (Wildman–Crippen MR) is 45.4 cm³/mol. The van der Waals surface area contributed by atoms with Crippen molar-refractivity contribution in [3.63, 3.8) is 0 Å². The van der Waals surface area contributed by atoms with Crippen molar-refractivity contribution < 1.29 is 8.78 Å². The third-order valence-corrected chi connectivity index (χ3v) is 2.54. The summed E-state index contributed by atoms with van der Waals surface area (Å²) in [5.41, 5.74) is 0. The molecule has 1 aliphatic heterocycles. The standard InChI is InChI=1S/C9H17F2N/c1-2-3-8-4-6-12-7-5-9(8,10)11/h8,12H,2-7H2,1H3. The lowest BCUT2D eigenvalue weighted by Gasteiger charge is -2.23. The highest BCUT2D eigenvalue weighted by Gasteiger charge is 2.38. The Hall–Kier alpha value is -0.180. The molecule has 1 fully saturated rings. The lowest BCUT2D eigenvalue weighted by atomic mass is 9.92. The molecule has 72 valence electrons. The van der Waals surface area contributed by atoms with E-state index in [0.29, 0.717) is 19.4 Å². The van der Waals surface area contributed by atoms with Crippen LogP contribution in [0.2, 0.25) is 0 Å². The van der Waals surface area contributed by atoms with Crippen LogP contribution >= 0.6 is 0 Å². The van der Waals surface area contributed by atoms with E-state index in [0.717, 1.165) is 13.0 Å². The third-order valence-electron chi connectivity index (χ3n) is 2.54. The van der Waals surface area contributed by atoms with Gasteiger partial charge in [0.1, 0.15) is 0 Å². The lowest BCUT2D eigenvalue weighted by Crippen LogP contribution is -2.28. The Balaban J connectivity index is 2.52. The van der Waals surface area contributed by atoms with E-state index in [9.17, 15) is 8.78 Å². The Labute approximate surface area is 72.5 Å². The molecule has 1 saturated heterocycles. The summed E-state index contributed by atoms with van der Waals surface area (Å²) in [4.78, 5) is 0. The molecule has 12 heavy (non-hydrogen) atoms. The Morgan fingerprint density at radius 1 is 1.42 bits per heavy atom. The number of hydrogen-bond donors (Lipinski definition) is 1. The molecule has 0 radical (unpaired) electrons. The molecule has 0 bridgehead atoms. The topological polar surface area (TPSA) is 12.0 Å². The molecule has 1 atom stereocenters. The van der Waals surface area contributed by atoms with Gasteiger partial charge < -0.3 is 5.32 Å². The van der Waals surface area contributed by atoms with Gasteiger partial charge in [-0.1, -0.05) is 13.3 Å². The number of rotatable bonds is 2. The van der Waals surface area contributed by atoms with Gasteiger partial charge in [-0.25, -0.2) is 8.78 Å². The first-order valence-electron chi connectivity index (χ1n) is 4.75. The summed E-state index contributed by atoms with van der Waals surface area (Å²) in [6.45, 7) is 3.18. The van der Waals surface area contributed by atoms with E-state index in [1.54, 1.807) is 0 Å². The molecule has 1 rings (SSSR count). The molecule has 1 N–H and O–H groups in total. The van der Waals surface area contributed by atoms with E-state index in [1.807, 2.05) is 6.92 Å². The van der Waals surface area contributed by atoms with Crippen LogP contribution in [0.25, 0.3) is 0 Å². The summed E-state index contributed by atoms with van der Waals surface area (Å²) in [6.07, 6.45) is 2.16. The maximum atomic E-state index is 13.3. The van der Waals surface area contributed by atoms with Gasteiger partial charge in [-0.3, -0.25) is 0 Å². The minimum Gasteiger partial charge on any atom is -0.316 e. The minimum atomic E-state index is -2.43. The second-order valence-electron chi connectivity index (χ2n) is 3.54. The van der Waals surface area contributed by atoms with Crippen LogP contribution in [0.4, 0.5) is 8.78 Å². The average molecular weight is 177 g/mol. The van der Waals surface area contributed by atoms with Crippen LogP contribution in [0.3, 0.4) is 0 Å². The van der Waals surface area contributed by atoms with Crippen molar-refractivity contribution >= 4 is 0 Å². The van der Waals surface area contributed by atoms with Gasteiger partial charge in [0.05, 0.1) is 0 Å². The van der Waals surface area contributed by atoms with Crippen molar-refractivity contribution in [1.29, 1.82) is 0 Å². The Kier molecular flexibility index (Phi) is 3.44. The van der Waals surface area contributed by atoms with Crippen molar-refractivity contribution in [1.82, 2.24) is 5.32 Å². The van der Waals surface area contributed by atoms with E-state index in [4.69, 9.17) is 0 Å². The van der Waals surface area contributed by atoms with Crippen molar-refractivity contribution in [2.75, 3.05) is 13.1 Å². The van der Waals surface area contributed by atoms with E-state index in [1.165, 1.54) is 0 Å². The highest BCUT2D eigenvalue weighted by molar-refractivity contribution is 4.81. The van der Waals surface area contributed by atoms with Crippen LogP contribution in [-0.4, -0.2) is 19.0 Å². The molecular formula is C9H17F2N. The fourth-order valence-corrected chi connectivity index (χ4v) is 1.78. The van der Waals surface area contributed by atoms with Crippen LogP contribution < -0.4 is 5.32 Å². The van der Waals surface area contributed by atoms with E-state index in [-0.39, 0.29) is 6.42 Å². The molecule has 1 aliphatic rings. The van der Waals surface area contributed by atoms with Gasteiger partial charge in [0.2, 0.25) is 0 Å². The zero-order chi connectivity index (χ0) is 9.03. The summed E-state index contributed by atoms with van der Waals surface area (Å²) in [7, 11) is 0. The van der Waals surface area contributed by atoms with Gasteiger partial charge in [-0.2, -0.15) is 0 Å². The van der Waals surface area contributed by atoms with Crippen LogP contribution in [0, 0.1) is 5.92 Å². The zero-order valence-corrected chi connectivity index (χ0v) is 7.58. The van der Waals surface area contributed by atoms with Gasteiger partial charge >= 0.3 is 0 Å². The summed E-state index contributed by atoms with van der Waals surface area (Å²) >= 11 is 0. The smallest absolute Gasteiger partial charge is 0.252 e. The molecule has 1 nitrogen and oxygen atoms in total. The molecule has 0 aliphatic carbocycles. The molecule has 0 amide bonds. The number of alkyl halides is 2. The zero-order valence-electron chi connectivity index (χ0n) is 7.58. The van der Waals surface area contributed by atoms with E-state index in [2.05, 4.69) is 5.32 Å². The second kappa shape index (κ2) is 4.17. The lowest BCUT2D eigenvalue weighted by molar-refractivity contribution is -0.0633. The van der Waals surface area contributed by atoms with E-state index >= 15 is 0 Å².